The van der Waals surface area contributed by atoms with E-state index in [1.54, 1.807) is 12.1 Å². The van der Waals surface area contributed by atoms with Crippen LogP contribution < -0.4 is 4.90 Å². The molecule has 0 heterocycles. The topological polar surface area (TPSA) is 3.24 Å². The van der Waals surface area contributed by atoms with E-state index in [0.717, 1.165) is 24.2 Å². The minimum absolute atomic E-state index is 0.217. The fourth-order valence-electron chi connectivity index (χ4n) is 1.62. The van der Waals surface area contributed by atoms with Crippen molar-refractivity contribution in [2.75, 3.05) is 11.9 Å². The summed E-state index contributed by atoms with van der Waals surface area (Å²) in [4.78, 5) is 1.96. The second-order valence-electron chi connectivity index (χ2n) is 4.04. The summed E-state index contributed by atoms with van der Waals surface area (Å²) < 4.78 is 12.8. The van der Waals surface area contributed by atoms with Gasteiger partial charge in [0.25, 0.3) is 0 Å². The molecule has 0 atom stereocenters. The molecule has 0 N–H and O–H groups in total. The molecule has 0 unspecified atom stereocenters. The Morgan fingerprint density at radius 2 is 1.76 bits per heavy atom. The highest BCUT2D eigenvalue weighted by molar-refractivity contribution is 5.53. The van der Waals surface area contributed by atoms with Crippen LogP contribution in [0.5, 0.6) is 0 Å². The van der Waals surface area contributed by atoms with Crippen molar-refractivity contribution < 1.29 is 4.39 Å². The third kappa shape index (κ3) is 3.74. The SMILES string of the molecule is C=C(C=C(CC)CC)N(C)c1ccc(F)cc1. The van der Waals surface area contributed by atoms with E-state index >= 15 is 0 Å². The minimum Gasteiger partial charge on any atom is -0.345 e. The highest BCUT2D eigenvalue weighted by atomic mass is 19.1. The van der Waals surface area contributed by atoms with Crippen LogP contribution in [0.1, 0.15) is 26.7 Å². The van der Waals surface area contributed by atoms with Crippen LogP contribution in [0.3, 0.4) is 0 Å². The molecule has 0 saturated heterocycles. The van der Waals surface area contributed by atoms with Crippen molar-refractivity contribution in [3.63, 3.8) is 0 Å². The summed E-state index contributed by atoms with van der Waals surface area (Å²) in [7, 11) is 1.94. The van der Waals surface area contributed by atoms with Crippen molar-refractivity contribution in [1.82, 2.24) is 0 Å². The number of hydrogen-bond donors (Lipinski definition) is 0. The molecule has 0 radical (unpaired) electrons. The van der Waals surface area contributed by atoms with Crippen molar-refractivity contribution in [2.24, 2.45) is 0 Å². The molecule has 1 aromatic carbocycles. The lowest BCUT2D eigenvalue weighted by Gasteiger charge is -2.20. The van der Waals surface area contributed by atoms with E-state index in [9.17, 15) is 4.39 Å². The average Bonchev–Trinajstić information content (AvgIpc) is 2.35. The number of halogens is 1. The molecule has 0 aliphatic rings. The molecule has 0 saturated carbocycles. The third-order valence-electron chi connectivity index (χ3n) is 2.92. The Bertz CT molecular complexity index is 397. The summed E-state index contributed by atoms with van der Waals surface area (Å²) in [6.07, 6.45) is 4.17. The molecule has 0 bridgehead atoms. The van der Waals surface area contributed by atoms with Gasteiger partial charge in [-0.1, -0.05) is 26.0 Å². The minimum atomic E-state index is -0.217. The summed E-state index contributed by atoms with van der Waals surface area (Å²) in [5.74, 6) is -0.217. The molecule has 0 aromatic heterocycles. The van der Waals surface area contributed by atoms with E-state index in [2.05, 4.69) is 26.5 Å². The van der Waals surface area contributed by atoms with E-state index in [-0.39, 0.29) is 5.82 Å². The molecule has 0 aliphatic heterocycles. The van der Waals surface area contributed by atoms with Gasteiger partial charge in [-0.25, -0.2) is 4.39 Å². The monoisotopic (exact) mass is 233 g/mol. The Kier molecular flexibility index (Phi) is 4.95. The molecular formula is C15H20FN. The van der Waals surface area contributed by atoms with Crippen LogP contribution in [-0.2, 0) is 0 Å². The van der Waals surface area contributed by atoms with Gasteiger partial charge in [-0.15, -0.1) is 0 Å². The van der Waals surface area contributed by atoms with Crippen molar-refractivity contribution in [2.45, 2.75) is 26.7 Å². The number of benzene rings is 1. The molecule has 0 amide bonds. The lowest BCUT2D eigenvalue weighted by Crippen LogP contribution is -2.14. The predicted octanol–water partition coefficient (Wildman–Crippen LogP) is 4.52. The maximum absolute atomic E-state index is 12.8. The zero-order valence-electron chi connectivity index (χ0n) is 10.8. The molecule has 1 nitrogen and oxygen atoms in total. The molecule has 0 fully saturated rings. The van der Waals surface area contributed by atoms with Crippen molar-refractivity contribution >= 4 is 5.69 Å². The van der Waals surface area contributed by atoms with Crippen molar-refractivity contribution in [3.05, 3.63) is 54.0 Å². The number of rotatable bonds is 5. The maximum Gasteiger partial charge on any atom is 0.123 e. The fourth-order valence-corrected chi connectivity index (χ4v) is 1.62. The normalized spacial score (nSPS) is 9.88. The van der Waals surface area contributed by atoms with E-state index < -0.39 is 0 Å². The molecule has 92 valence electrons. The zero-order chi connectivity index (χ0) is 12.8. The van der Waals surface area contributed by atoms with Gasteiger partial charge in [0.15, 0.2) is 0 Å². The van der Waals surface area contributed by atoms with E-state index in [1.165, 1.54) is 17.7 Å². The molecule has 17 heavy (non-hydrogen) atoms. The Balaban J connectivity index is 2.83. The highest BCUT2D eigenvalue weighted by Crippen LogP contribution is 2.19. The van der Waals surface area contributed by atoms with Gasteiger partial charge in [0, 0.05) is 18.4 Å². The van der Waals surface area contributed by atoms with Crippen LogP contribution in [0.2, 0.25) is 0 Å². The molecule has 0 spiro atoms. The smallest absolute Gasteiger partial charge is 0.123 e. The van der Waals surface area contributed by atoms with E-state index in [1.807, 2.05) is 11.9 Å². The van der Waals surface area contributed by atoms with Gasteiger partial charge in [0.2, 0.25) is 0 Å². The van der Waals surface area contributed by atoms with Gasteiger partial charge in [-0.05, 0) is 43.2 Å². The van der Waals surface area contributed by atoms with Gasteiger partial charge in [-0.3, -0.25) is 0 Å². The first-order valence-corrected chi connectivity index (χ1v) is 5.96. The van der Waals surface area contributed by atoms with Crippen LogP contribution in [0, 0.1) is 5.82 Å². The summed E-state index contributed by atoms with van der Waals surface area (Å²) in [5.41, 5.74) is 3.23. The van der Waals surface area contributed by atoms with Gasteiger partial charge in [0.1, 0.15) is 5.82 Å². The number of anilines is 1. The van der Waals surface area contributed by atoms with Crippen LogP contribution in [0.15, 0.2) is 48.2 Å². The standard InChI is InChI=1S/C15H20FN/c1-5-13(6-2)11-12(3)17(4)15-9-7-14(16)8-10-15/h7-11H,3,5-6H2,1-2,4H3. The predicted molar refractivity (Wildman–Crippen MR) is 72.6 cm³/mol. The maximum atomic E-state index is 12.8. The third-order valence-corrected chi connectivity index (χ3v) is 2.92. The van der Waals surface area contributed by atoms with Gasteiger partial charge < -0.3 is 4.90 Å². The molecule has 0 aliphatic carbocycles. The number of nitrogens with zero attached hydrogens (tertiary/aromatic N) is 1. The average molecular weight is 233 g/mol. The van der Waals surface area contributed by atoms with E-state index in [0.29, 0.717) is 0 Å². The van der Waals surface area contributed by atoms with Crippen LogP contribution in [-0.4, -0.2) is 7.05 Å². The largest absolute Gasteiger partial charge is 0.345 e. The molecule has 1 aromatic rings. The van der Waals surface area contributed by atoms with Gasteiger partial charge in [-0.2, -0.15) is 0 Å². The Morgan fingerprint density at radius 1 is 1.24 bits per heavy atom. The van der Waals surface area contributed by atoms with Gasteiger partial charge >= 0.3 is 0 Å². The number of allylic oxidation sites excluding steroid dienone is 2. The zero-order valence-corrected chi connectivity index (χ0v) is 10.8. The molecule has 2 heteroatoms. The lowest BCUT2D eigenvalue weighted by molar-refractivity contribution is 0.628. The number of hydrogen-bond acceptors (Lipinski definition) is 1. The lowest BCUT2D eigenvalue weighted by atomic mass is 10.1. The quantitative estimate of drug-likeness (QED) is 0.676. The second-order valence-corrected chi connectivity index (χ2v) is 4.04. The summed E-state index contributed by atoms with van der Waals surface area (Å²) in [6.45, 7) is 8.32. The summed E-state index contributed by atoms with van der Waals surface area (Å²) in [5, 5.41) is 0. The Hall–Kier alpha value is -1.57. The van der Waals surface area contributed by atoms with Crippen LogP contribution in [0.4, 0.5) is 10.1 Å². The molecular weight excluding hydrogens is 213 g/mol. The molecule has 1 rings (SSSR count). The summed E-state index contributed by atoms with van der Waals surface area (Å²) >= 11 is 0. The van der Waals surface area contributed by atoms with Crippen LogP contribution in [0.25, 0.3) is 0 Å². The first kappa shape index (κ1) is 13.5. The van der Waals surface area contributed by atoms with Crippen LogP contribution >= 0.6 is 0 Å². The summed E-state index contributed by atoms with van der Waals surface area (Å²) in [6, 6.07) is 6.44. The first-order valence-electron chi connectivity index (χ1n) is 5.96. The highest BCUT2D eigenvalue weighted by Gasteiger charge is 2.03. The fraction of sp³-hybridized carbons (Fsp3) is 0.333. The number of likely N-dealkylation sites (N-methyl/N-ethyl adjacent to an activating group) is 1. The van der Waals surface area contributed by atoms with Gasteiger partial charge in [0.05, 0.1) is 0 Å². The Labute approximate surface area is 103 Å². The van der Waals surface area contributed by atoms with Crippen molar-refractivity contribution in [3.8, 4) is 0 Å². The van der Waals surface area contributed by atoms with E-state index in [4.69, 9.17) is 0 Å². The Morgan fingerprint density at radius 3 is 2.24 bits per heavy atom. The van der Waals surface area contributed by atoms with Crippen molar-refractivity contribution in [1.29, 1.82) is 0 Å². The second kappa shape index (κ2) is 6.24. The first-order chi connectivity index (χ1) is 8.08.